The van der Waals surface area contributed by atoms with Crippen LogP contribution in [0.25, 0.3) is 0 Å². The van der Waals surface area contributed by atoms with Crippen molar-refractivity contribution in [1.29, 1.82) is 0 Å². The molecule has 0 amide bonds. The number of ketones is 1. The molecule has 1 aliphatic rings. The van der Waals surface area contributed by atoms with E-state index in [1.807, 2.05) is 13.8 Å². The molecule has 1 aliphatic heterocycles. The van der Waals surface area contributed by atoms with Gasteiger partial charge >= 0.3 is 0 Å². The molecule has 0 saturated carbocycles. The Balaban J connectivity index is 2.67. The van der Waals surface area contributed by atoms with E-state index >= 15 is 0 Å². The summed E-state index contributed by atoms with van der Waals surface area (Å²) in [6, 6.07) is 0. The Labute approximate surface area is 83.6 Å². The minimum Gasteiger partial charge on any atom is -0.350 e. The summed E-state index contributed by atoms with van der Waals surface area (Å²) in [6.45, 7) is 4.36. The third-order valence-corrected chi connectivity index (χ3v) is 2.61. The van der Waals surface area contributed by atoms with Crippen molar-refractivity contribution in [3.63, 3.8) is 0 Å². The maximum absolute atomic E-state index is 11.1. The van der Waals surface area contributed by atoms with E-state index in [2.05, 4.69) is 0 Å². The highest BCUT2D eigenvalue weighted by atomic mass is 16.7. The minimum atomic E-state index is -0.665. The van der Waals surface area contributed by atoms with Crippen LogP contribution in [0.15, 0.2) is 0 Å². The summed E-state index contributed by atoms with van der Waals surface area (Å²) in [5, 5.41) is 0. The minimum absolute atomic E-state index is 0.325. The second kappa shape index (κ2) is 4.66. The number of aldehydes is 1. The van der Waals surface area contributed by atoms with Crippen LogP contribution in [0.2, 0.25) is 0 Å². The molecular weight excluding hydrogens is 184 g/mol. The van der Waals surface area contributed by atoms with Gasteiger partial charge in [-0.15, -0.1) is 0 Å². The fraction of sp³-hybridized carbons (Fsp3) is 0.800. The van der Waals surface area contributed by atoms with Crippen molar-refractivity contribution in [1.82, 2.24) is 0 Å². The zero-order valence-electron chi connectivity index (χ0n) is 8.62. The second-order valence-corrected chi connectivity index (χ2v) is 3.38. The summed E-state index contributed by atoms with van der Waals surface area (Å²) >= 11 is 0. The van der Waals surface area contributed by atoms with E-state index in [0.29, 0.717) is 32.2 Å². The highest BCUT2D eigenvalue weighted by Gasteiger charge is 2.37. The smallest absolute Gasteiger partial charge is 0.224 e. The number of ether oxygens (including phenoxy) is 2. The molecule has 4 heteroatoms. The van der Waals surface area contributed by atoms with Gasteiger partial charge in [-0.2, -0.15) is 0 Å². The first-order valence-corrected chi connectivity index (χ1v) is 4.98. The molecule has 0 aromatic carbocycles. The van der Waals surface area contributed by atoms with Crippen LogP contribution >= 0.6 is 0 Å². The Morgan fingerprint density at radius 3 is 2.64 bits per heavy atom. The fourth-order valence-electron chi connectivity index (χ4n) is 1.60. The number of Topliss-reactive ketones (excluding diaryl/α,β-unsaturated/α-hetero) is 1. The number of hydrogen-bond acceptors (Lipinski definition) is 4. The topological polar surface area (TPSA) is 52.6 Å². The van der Waals surface area contributed by atoms with E-state index in [0.717, 1.165) is 0 Å². The van der Waals surface area contributed by atoms with Crippen molar-refractivity contribution in [2.24, 2.45) is 0 Å². The molecule has 1 saturated heterocycles. The van der Waals surface area contributed by atoms with E-state index in [4.69, 9.17) is 9.47 Å². The molecule has 0 aromatic heterocycles. The van der Waals surface area contributed by atoms with Crippen LogP contribution in [0.3, 0.4) is 0 Å². The van der Waals surface area contributed by atoms with E-state index in [1.54, 1.807) is 0 Å². The van der Waals surface area contributed by atoms with Crippen LogP contribution in [0.5, 0.6) is 0 Å². The Morgan fingerprint density at radius 2 is 2.14 bits per heavy atom. The van der Waals surface area contributed by atoms with Crippen LogP contribution < -0.4 is 0 Å². The van der Waals surface area contributed by atoms with Gasteiger partial charge < -0.3 is 9.47 Å². The molecule has 0 radical (unpaired) electrons. The molecule has 0 N–H and O–H groups in total. The van der Waals surface area contributed by atoms with Gasteiger partial charge in [0.25, 0.3) is 0 Å². The summed E-state index contributed by atoms with van der Waals surface area (Å²) in [6.07, 6.45) is 1.56. The molecular formula is C10H16O4. The molecule has 80 valence electrons. The Hall–Kier alpha value is -0.740. The first-order valence-electron chi connectivity index (χ1n) is 4.98. The van der Waals surface area contributed by atoms with Gasteiger partial charge in [-0.3, -0.25) is 9.59 Å². The van der Waals surface area contributed by atoms with Crippen LogP contribution in [0, 0.1) is 0 Å². The Bertz CT molecular complexity index is 220. The quantitative estimate of drug-likeness (QED) is 0.503. The molecule has 1 fully saturated rings. The molecule has 0 bridgehead atoms. The molecule has 1 heterocycles. The molecule has 4 nitrogen and oxygen atoms in total. The lowest BCUT2D eigenvalue weighted by Gasteiger charge is -2.39. The highest BCUT2D eigenvalue weighted by molar-refractivity contribution is 6.27. The average Bonchev–Trinajstić information content (AvgIpc) is 2.28. The normalized spacial score (nSPS) is 25.7. The van der Waals surface area contributed by atoms with E-state index in [-0.39, 0.29) is 0 Å². The largest absolute Gasteiger partial charge is 0.350 e. The van der Waals surface area contributed by atoms with Crippen molar-refractivity contribution >= 4 is 12.1 Å². The SMILES string of the molecule is CCC1(CC)OCCC(C(=O)C=O)O1. The molecule has 1 rings (SSSR count). The fourth-order valence-corrected chi connectivity index (χ4v) is 1.60. The van der Waals surface area contributed by atoms with E-state index in [9.17, 15) is 9.59 Å². The van der Waals surface area contributed by atoms with Crippen LogP contribution in [0.1, 0.15) is 33.1 Å². The molecule has 0 spiro atoms. The third-order valence-electron chi connectivity index (χ3n) is 2.61. The maximum atomic E-state index is 11.1. The Kier molecular flexibility index (Phi) is 3.77. The van der Waals surface area contributed by atoms with Crippen LogP contribution in [-0.4, -0.2) is 30.6 Å². The average molecular weight is 200 g/mol. The second-order valence-electron chi connectivity index (χ2n) is 3.38. The van der Waals surface area contributed by atoms with Crippen molar-refractivity contribution in [2.45, 2.75) is 45.0 Å². The summed E-state index contributed by atoms with van der Waals surface area (Å²) in [5.74, 6) is -1.15. The summed E-state index contributed by atoms with van der Waals surface area (Å²) in [4.78, 5) is 21.5. The van der Waals surface area contributed by atoms with Gasteiger partial charge in [0.1, 0.15) is 6.10 Å². The van der Waals surface area contributed by atoms with Gasteiger partial charge in [0, 0.05) is 6.42 Å². The van der Waals surface area contributed by atoms with Gasteiger partial charge in [0.2, 0.25) is 5.78 Å². The predicted octanol–water partition coefficient (Wildman–Crippen LogP) is 1.08. The van der Waals surface area contributed by atoms with Crippen molar-refractivity contribution in [3.8, 4) is 0 Å². The molecule has 0 aromatic rings. The van der Waals surface area contributed by atoms with E-state index in [1.165, 1.54) is 0 Å². The van der Waals surface area contributed by atoms with Gasteiger partial charge in [0.15, 0.2) is 12.1 Å². The molecule has 1 atom stereocenters. The van der Waals surface area contributed by atoms with E-state index < -0.39 is 17.7 Å². The van der Waals surface area contributed by atoms with Crippen molar-refractivity contribution in [3.05, 3.63) is 0 Å². The molecule has 0 aliphatic carbocycles. The van der Waals surface area contributed by atoms with Gasteiger partial charge in [-0.05, 0) is 12.8 Å². The summed E-state index contributed by atoms with van der Waals surface area (Å²) in [7, 11) is 0. The first kappa shape index (κ1) is 11.3. The van der Waals surface area contributed by atoms with Gasteiger partial charge in [-0.25, -0.2) is 0 Å². The zero-order chi connectivity index (χ0) is 10.6. The van der Waals surface area contributed by atoms with Crippen LogP contribution in [-0.2, 0) is 19.1 Å². The Morgan fingerprint density at radius 1 is 1.50 bits per heavy atom. The summed E-state index contributed by atoms with van der Waals surface area (Å²) < 4.78 is 11.0. The lowest BCUT2D eigenvalue weighted by molar-refractivity contribution is -0.288. The molecule has 1 unspecified atom stereocenters. The lowest BCUT2D eigenvalue weighted by atomic mass is 10.1. The van der Waals surface area contributed by atoms with Crippen molar-refractivity contribution in [2.75, 3.05) is 6.61 Å². The summed E-state index contributed by atoms with van der Waals surface area (Å²) in [5.41, 5.74) is 0. The number of hydrogen-bond donors (Lipinski definition) is 0. The van der Waals surface area contributed by atoms with Crippen molar-refractivity contribution < 1.29 is 19.1 Å². The third kappa shape index (κ3) is 2.19. The van der Waals surface area contributed by atoms with Gasteiger partial charge in [0.05, 0.1) is 6.61 Å². The monoisotopic (exact) mass is 200 g/mol. The number of carbonyl (C=O) groups is 2. The number of carbonyl (C=O) groups excluding carboxylic acids is 2. The van der Waals surface area contributed by atoms with Crippen LogP contribution in [0.4, 0.5) is 0 Å². The highest BCUT2D eigenvalue weighted by Crippen LogP contribution is 2.29. The molecule has 14 heavy (non-hydrogen) atoms. The predicted molar refractivity (Wildman–Crippen MR) is 49.8 cm³/mol. The van der Waals surface area contributed by atoms with Gasteiger partial charge in [-0.1, -0.05) is 13.8 Å². The lowest BCUT2D eigenvalue weighted by Crippen LogP contribution is -2.46. The standard InChI is InChI=1S/C10H16O4/c1-3-10(4-2)13-6-5-9(14-10)8(12)7-11/h7,9H,3-6H2,1-2H3. The maximum Gasteiger partial charge on any atom is 0.224 e. The zero-order valence-corrected chi connectivity index (χ0v) is 8.62. The number of rotatable bonds is 4. The first-order chi connectivity index (χ1) is 6.67.